The Morgan fingerprint density at radius 1 is 0.919 bits per heavy atom. The van der Waals surface area contributed by atoms with Crippen LogP contribution in [0.2, 0.25) is 0 Å². The molecule has 0 spiro atoms. The number of aliphatic imine (C=N–C) groups is 1. The van der Waals surface area contributed by atoms with Crippen LogP contribution in [0, 0.1) is 19.7 Å². The third-order valence-corrected chi connectivity index (χ3v) is 5.01. The molecule has 2 aromatic carbocycles. The predicted molar refractivity (Wildman–Crippen MR) is 141 cm³/mol. The number of esters is 2. The lowest BCUT2D eigenvalue weighted by Crippen LogP contribution is -2.39. The maximum absolute atomic E-state index is 13.3. The number of benzene rings is 2. The minimum absolute atomic E-state index is 0.0903. The summed E-state index contributed by atoms with van der Waals surface area (Å²) in [4.78, 5) is 37.3. The molecule has 192 valence electrons. The maximum atomic E-state index is 13.3. The molecule has 0 amide bonds. The van der Waals surface area contributed by atoms with E-state index in [9.17, 15) is 14.0 Å². The monoisotopic (exact) mass is 524 g/mol. The normalized spacial score (nSPS) is 10.9. The Bertz CT molecular complexity index is 1290. The van der Waals surface area contributed by atoms with Crippen LogP contribution in [0.1, 0.15) is 37.7 Å². The maximum Gasteiger partial charge on any atom is 0.337 e. The van der Waals surface area contributed by atoms with Crippen LogP contribution in [0.5, 0.6) is 0 Å². The summed E-state index contributed by atoms with van der Waals surface area (Å²) in [6, 6.07) is 12.1. The average molecular weight is 525 g/mol. The number of halogens is 1. The second kappa shape index (κ2) is 12.5. The number of rotatable bonds is 6. The fourth-order valence-corrected chi connectivity index (χ4v) is 3.41. The first-order chi connectivity index (χ1) is 17.7. The molecule has 0 unspecified atom stereocenters. The molecule has 0 atom stereocenters. The summed E-state index contributed by atoms with van der Waals surface area (Å²) in [6.45, 7) is 3.87. The molecule has 12 heteroatoms. The van der Waals surface area contributed by atoms with Gasteiger partial charge in [-0.1, -0.05) is 12.1 Å². The van der Waals surface area contributed by atoms with E-state index in [4.69, 9.17) is 21.7 Å². The van der Waals surface area contributed by atoms with Crippen LogP contribution in [-0.4, -0.2) is 47.2 Å². The van der Waals surface area contributed by atoms with Crippen molar-refractivity contribution in [3.05, 3.63) is 82.4 Å². The van der Waals surface area contributed by atoms with Gasteiger partial charge in [-0.25, -0.2) is 28.9 Å². The van der Waals surface area contributed by atoms with Gasteiger partial charge in [0.15, 0.2) is 5.11 Å². The first-order valence-corrected chi connectivity index (χ1v) is 11.4. The molecule has 0 aliphatic carbocycles. The van der Waals surface area contributed by atoms with Crippen molar-refractivity contribution < 1.29 is 23.5 Å². The number of carbonyl (C=O) groups is 2. The van der Waals surface area contributed by atoms with Crippen molar-refractivity contribution in [2.45, 2.75) is 20.4 Å². The minimum atomic E-state index is -0.636. The summed E-state index contributed by atoms with van der Waals surface area (Å²) in [5.74, 6) is -1.11. The van der Waals surface area contributed by atoms with Crippen LogP contribution in [0.25, 0.3) is 0 Å². The summed E-state index contributed by atoms with van der Waals surface area (Å²) in [5, 5.41) is 8.95. The van der Waals surface area contributed by atoms with E-state index in [1.807, 2.05) is 19.9 Å². The van der Waals surface area contributed by atoms with Gasteiger partial charge < -0.3 is 20.1 Å². The molecule has 0 fully saturated rings. The van der Waals surface area contributed by atoms with Crippen LogP contribution in [0.15, 0.2) is 53.5 Å². The highest BCUT2D eigenvalue weighted by Gasteiger charge is 2.15. The van der Waals surface area contributed by atoms with Crippen molar-refractivity contribution >= 4 is 46.9 Å². The predicted octanol–water partition coefficient (Wildman–Crippen LogP) is 3.76. The van der Waals surface area contributed by atoms with E-state index in [2.05, 4.69) is 30.9 Å². The molecule has 3 N–H and O–H groups in total. The van der Waals surface area contributed by atoms with E-state index in [0.29, 0.717) is 11.6 Å². The smallest absolute Gasteiger partial charge is 0.337 e. The van der Waals surface area contributed by atoms with E-state index < -0.39 is 11.9 Å². The Labute approximate surface area is 218 Å². The Hall–Kier alpha value is -4.45. The fourth-order valence-electron chi connectivity index (χ4n) is 3.20. The van der Waals surface area contributed by atoms with Crippen molar-refractivity contribution in [1.82, 2.24) is 15.3 Å². The van der Waals surface area contributed by atoms with Crippen molar-refractivity contribution in [2.24, 2.45) is 4.99 Å². The van der Waals surface area contributed by atoms with Crippen molar-refractivity contribution in [3.8, 4) is 0 Å². The molecule has 0 saturated heterocycles. The van der Waals surface area contributed by atoms with Gasteiger partial charge in [0.25, 0.3) is 0 Å². The van der Waals surface area contributed by atoms with Gasteiger partial charge in [0.05, 0.1) is 31.9 Å². The topological polar surface area (TPSA) is 127 Å². The number of aryl methyl sites for hydroxylation is 2. The second-order valence-corrected chi connectivity index (χ2v) is 8.16. The van der Waals surface area contributed by atoms with Crippen molar-refractivity contribution in [1.29, 1.82) is 0 Å². The van der Waals surface area contributed by atoms with Crippen LogP contribution < -0.4 is 16.0 Å². The fraction of sp³-hybridized carbons (Fsp3) is 0.200. The molecule has 0 radical (unpaired) electrons. The summed E-state index contributed by atoms with van der Waals surface area (Å²) in [7, 11) is 2.47. The number of nitrogens with zero attached hydrogens (tertiary/aromatic N) is 3. The second-order valence-electron chi connectivity index (χ2n) is 7.75. The lowest BCUT2D eigenvalue weighted by atomic mass is 10.1. The number of guanidine groups is 1. The Morgan fingerprint density at radius 2 is 1.49 bits per heavy atom. The highest BCUT2D eigenvalue weighted by molar-refractivity contribution is 7.80. The van der Waals surface area contributed by atoms with Gasteiger partial charge in [0.2, 0.25) is 11.9 Å². The van der Waals surface area contributed by atoms with Gasteiger partial charge in [0.1, 0.15) is 5.82 Å². The highest BCUT2D eigenvalue weighted by Crippen LogP contribution is 2.17. The zero-order valence-electron chi connectivity index (χ0n) is 20.6. The number of methoxy groups -OCH3 is 2. The molecular formula is C25H25FN6O4S. The number of aromatic nitrogens is 2. The molecule has 10 nitrogen and oxygen atoms in total. The van der Waals surface area contributed by atoms with Crippen LogP contribution >= 0.6 is 12.2 Å². The molecule has 0 aliphatic heterocycles. The molecule has 37 heavy (non-hydrogen) atoms. The highest BCUT2D eigenvalue weighted by atomic mass is 32.1. The molecule has 0 aliphatic rings. The third-order valence-electron chi connectivity index (χ3n) is 4.81. The average Bonchev–Trinajstić information content (AvgIpc) is 2.86. The molecular weight excluding hydrogens is 499 g/mol. The Morgan fingerprint density at radius 3 is 2.03 bits per heavy atom. The SMILES string of the molecule is COC(=O)c1cc(NC(=S)NC(=NCc2ccc(F)cc2)Nc2nc(C)cc(C)n2)cc(C(=O)OC)c1. The minimum Gasteiger partial charge on any atom is -0.465 e. The zero-order valence-corrected chi connectivity index (χ0v) is 21.4. The Kier molecular flexibility index (Phi) is 9.16. The Balaban J connectivity index is 1.85. The lowest BCUT2D eigenvalue weighted by Gasteiger charge is -2.15. The van der Waals surface area contributed by atoms with Gasteiger partial charge in [-0.3, -0.25) is 5.32 Å². The molecule has 1 aromatic heterocycles. The van der Waals surface area contributed by atoms with E-state index in [-0.39, 0.29) is 34.6 Å². The first-order valence-electron chi connectivity index (χ1n) is 10.9. The van der Waals surface area contributed by atoms with Gasteiger partial charge in [0, 0.05) is 17.1 Å². The van der Waals surface area contributed by atoms with E-state index in [1.54, 1.807) is 12.1 Å². The van der Waals surface area contributed by atoms with Crippen LogP contribution in [0.3, 0.4) is 0 Å². The van der Waals surface area contributed by atoms with E-state index in [1.165, 1.54) is 44.6 Å². The van der Waals surface area contributed by atoms with Crippen molar-refractivity contribution in [3.63, 3.8) is 0 Å². The van der Waals surface area contributed by atoms with Gasteiger partial charge in [-0.05, 0) is 68.0 Å². The number of nitrogens with one attached hydrogen (secondary N) is 3. The largest absolute Gasteiger partial charge is 0.465 e. The zero-order chi connectivity index (χ0) is 26.9. The summed E-state index contributed by atoms with van der Waals surface area (Å²) >= 11 is 5.44. The standard InChI is InChI=1S/C25H25FN6O4S/c1-14-9-15(2)29-24(28-14)31-23(27-13-16-5-7-19(26)8-6-16)32-25(37)30-20-11-17(21(33)35-3)10-18(12-20)22(34)36-4/h5-12H,13H2,1-4H3,(H3,27,28,29,30,31,32,37). The number of carbonyl (C=O) groups excluding carboxylic acids is 2. The molecule has 1 heterocycles. The molecule has 0 saturated carbocycles. The summed E-state index contributed by atoms with van der Waals surface area (Å²) in [6.07, 6.45) is 0. The van der Waals surface area contributed by atoms with Gasteiger partial charge in [-0.2, -0.15) is 0 Å². The lowest BCUT2D eigenvalue weighted by molar-refractivity contribution is 0.0599. The van der Waals surface area contributed by atoms with E-state index >= 15 is 0 Å². The molecule has 3 rings (SSSR count). The quantitative estimate of drug-likeness (QED) is 0.190. The summed E-state index contributed by atoms with van der Waals surface area (Å²) in [5.41, 5.74) is 2.86. The van der Waals surface area contributed by atoms with Gasteiger partial charge >= 0.3 is 11.9 Å². The number of hydrogen-bond acceptors (Lipinski definition) is 8. The first kappa shape index (κ1) is 27.1. The van der Waals surface area contributed by atoms with E-state index in [0.717, 1.165) is 17.0 Å². The molecule has 0 bridgehead atoms. The van der Waals surface area contributed by atoms with Crippen LogP contribution in [0.4, 0.5) is 16.0 Å². The van der Waals surface area contributed by atoms with Crippen molar-refractivity contribution in [2.75, 3.05) is 24.9 Å². The number of anilines is 2. The number of thiocarbonyl (C=S) groups is 1. The molecule has 3 aromatic rings. The van der Waals surface area contributed by atoms with Gasteiger partial charge in [-0.15, -0.1) is 0 Å². The summed E-state index contributed by atoms with van der Waals surface area (Å²) < 4.78 is 22.8. The third kappa shape index (κ3) is 8.04. The van der Waals surface area contributed by atoms with Crippen LogP contribution in [-0.2, 0) is 16.0 Å². The number of hydrogen-bond donors (Lipinski definition) is 3. The number of ether oxygens (including phenoxy) is 2.